The van der Waals surface area contributed by atoms with E-state index in [0.717, 1.165) is 31.5 Å². The first-order valence-corrected chi connectivity index (χ1v) is 7.65. The lowest BCUT2D eigenvalue weighted by Crippen LogP contribution is -2.31. The van der Waals surface area contributed by atoms with Gasteiger partial charge in [0.15, 0.2) is 0 Å². The summed E-state index contributed by atoms with van der Waals surface area (Å²) in [7, 11) is 0. The van der Waals surface area contributed by atoms with E-state index in [0.29, 0.717) is 30.4 Å². The van der Waals surface area contributed by atoms with Gasteiger partial charge in [-0.25, -0.2) is 4.98 Å². The topological polar surface area (TPSA) is 73.1 Å². The van der Waals surface area contributed by atoms with E-state index >= 15 is 0 Å². The van der Waals surface area contributed by atoms with E-state index in [9.17, 15) is 0 Å². The van der Waals surface area contributed by atoms with Gasteiger partial charge in [0.2, 0.25) is 11.8 Å². The fourth-order valence-electron chi connectivity index (χ4n) is 2.65. The number of hydrogen-bond donors (Lipinski definition) is 2. The summed E-state index contributed by atoms with van der Waals surface area (Å²) in [6, 6.07) is 2.23. The van der Waals surface area contributed by atoms with E-state index in [1.54, 1.807) is 0 Å². The van der Waals surface area contributed by atoms with E-state index in [1.807, 2.05) is 13.0 Å². The zero-order valence-electron chi connectivity index (χ0n) is 12.6. The first-order valence-electron chi connectivity index (χ1n) is 7.65. The number of nitrogens with one attached hydrogen (secondary N) is 1. The van der Waals surface area contributed by atoms with E-state index in [2.05, 4.69) is 22.2 Å². The predicted octanol–water partition coefficient (Wildman–Crippen LogP) is 2.50. The molecule has 1 heterocycles. The molecule has 0 amide bonds. The number of ether oxygens (including phenoxy) is 1. The van der Waals surface area contributed by atoms with Crippen LogP contribution in [0.25, 0.3) is 0 Å². The number of aryl methyl sites for hydroxylation is 1. The van der Waals surface area contributed by atoms with Crippen LogP contribution in [0.15, 0.2) is 6.07 Å². The Hall–Kier alpha value is -1.36. The maximum absolute atomic E-state index is 6.02. The average Bonchev–Trinajstić information content (AvgIpc) is 2.42. The molecule has 1 aliphatic carbocycles. The normalized spacial score (nSPS) is 22.6. The standard InChI is InChI=1S/C15H26N4O/c1-3-7-20-14-8-11(2)18-15(19-14)17-10-12-5-4-6-13(16)9-12/h8,12-13H,3-7,9-10,16H2,1-2H3,(H,17,18,19). The van der Waals surface area contributed by atoms with Crippen LogP contribution in [0.5, 0.6) is 5.88 Å². The molecule has 112 valence electrons. The van der Waals surface area contributed by atoms with Gasteiger partial charge >= 0.3 is 0 Å². The van der Waals surface area contributed by atoms with Crippen molar-refractivity contribution in [3.63, 3.8) is 0 Å². The number of aromatic nitrogens is 2. The fourth-order valence-corrected chi connectivity index (χ4v) is 2.65. The zero-order valence-corrected chi connectivity index (χ0v) is 12.6. The lowest BCUT2D eigenvalue weighted by molar-refractivity contribution is 0.304. The first kappa shape index (κ1) is 15.0. The van der Waals surface area contributed by atoms with Gasteiger partial charge in [-0.05, 0) is 38.5 Å². The highest BCUT2D eigenvalue weighted by molar-refractivity contribution is 5.30. The van der Waals surface area contributed by atoms with Gasteiger partial charge in [-0.2, -0.15) is 4.98 Å². The Bertz CT molecular complexity index is 424. The Balaban J connectivity index is 1.89. The van der Waals surface area contributed by atoms with E-state index in [-0.39, 0.29) is 0 Å². The summed E-state index contributed by atoms with van der Waals surface area (Å²) in [5, 5.41) is 3.33. The number of nitrogens with zero attached hydrogens (tertiary/aromatic N) is 2. The van der Waals surface area contributed by atoms with Crippen LogP contribution >= 0.6 is 0 Å². The van der Waals surface area contributed by atoms with E-state index < -0.39 is 0 Å². The number of nitrogens with two attached hydrogens (primary N) is 1. The van der Waals surface area contributed by atoms with Gasteiger partial charge in [0.1, 0.15) is 0 Å². The van der Waals surface area contributed by atoms with Crippen LogP contribution in [0.2, 0.25) is 0 Å². The van der Waals surface area contributed by atoms with Crippen molar-refractivity contribution in [3.8, 4) is 5.88 Å². The van der Waals surface area contributed by atoms with Gasteiger partial charge in [0.25, 0.3) is 0 Å². The molecule has 0 saturated heterocycles. The molecular weight excluding hydrogens is 252 g/mol. The molecule has 2 atom stereocenters. The Morgan fingerprint density at radius 3 is 3.00 bits per heavy atom. The smallest absolute Gasteiger partial charge is 0.226 e. The third kappa shape index (κ3) is 4.63. The molecule has 1 fully saturated rings. The van der Waals surface area contributed by atoms with Gasteiger partial charge in [-0.15, -0.1) is 0 Å². The maximum atomic E-state index is 6.02. The molecule has 2 rings (SSSR count). The van der Waals surface area contributed by atoms with Crippen LogP contribution in [0.1, 0.15) is 44.7 Å². The monoisotopic (exact) mass is 278 g/mol. The van der Waals surface area contributed by atoms with Gasteiger partial charge in [0.05, 0.1) is 6.61 Å². The molecule has 0 radical (unpaired) electrons. The van der Waals surface area contributed by atoms with Crippen LogP contribution in [0.3, 0.4) is 0 Å². The highest BCUT2D eigenvalue weighted by atomic mass is 16.5. The largest absolute Gasteiger partial charge is 0.478 e. The first-order chi connectivity index (χ1) is 9.67. The number of anilines is 1. The summed E-state index contributed by atoms with van der Waals surface area (Å²) in [5.41, 5.74) is 6.94. The summed E-state index contributed by atoms with van der Waals surface area (Å²) >= 11 is 0. The van der Waals surface area contributed by atoms with Gasteiger partial charge in [-0.1, -0.05) is 13.3 Å². The SMILES string of the molecule is CCCOc1cc(C)nc(NCC2CCCC(N)C2)n1. The van der Waals surface area contributed by atoms with E-state index in [4.69, 9.17) is 10.5 Å². The van der Waals surface area contributed by atoms with Gasteiger partial charge in [-0.3, -0.25) is 0 Å². The minimum Gasteiger partial charge on any atom is -0.478 e. The molecule has 0 aromatic carbocycles. The minimum absolute atomic E-state index is 0.359. The predicted molar refractivity (Wildman–Crippen MR) is 81.0 cm³/mol. The molecule has 2 unspecified atom stereocenters. The molecule has 0 aliphatic heterocycles. The second-order valence-electron chi connectivity index (χ2n) is 5.69. The minimum atomic E-state index is 0.359. The zero-order chi connectivity index (χ0) is 14.4. The maximum Gasteiger partial charge on any atom is 0.226 e. The average molecular weight is 278 g/mol. The van der Waals surface area contributed by atoms with Crippen molar-refractivity contribution in [1.82, 2.24) is 9.97 Å². The quantitative estimate of drug-likeness (QED) is 0.836. The van der Waals surface area contributed by atoms with Crippen molar-refractivity contribution in [3.05, 3.63) is 11.8 Å². The highest BCUT2D eigenvalue weighted by Gasteiger charge is 2.19. The molecule has 5 heteroatoms. The van der Waals surface area contributed by atoms with Gasteiger partial charge in [0, 0.05) is 24.3 Å². The van der Waals surface area contributed by atoms with Gasteiger partial charge < -0.3 is 15.8 Å². The molecule has 1 aliphatic rings. The summed E-state index contributed by atoms with van der Waals surface area (Å²) in [5.74, 6) is 1.94. The molecule has 1 aromatic rings. The van der Waals surface area contributed by atoms with Crippen LogP contribution in [0, 0.1) is 12.8 Å². The van der Waals surface area contributed by atoms with Crippen LogP contribution in [-0.4, -0.2) is 29.2 Å². The van der Waals surface area contributed by atoms with Crippen molar-refractivity contribution in [2.24, 2.45) is 11.7 Å². The van der Waals surface area contributed by atoms with Crippen molar-refractivity contribution in [2.75, 3.05) is 18.5 Å². The molecular formula is C15H26N4O. The Morgan fingerprint density at radius 2 is 2.25 bits per heavy atom. The van der Waals surface area contributed by atoms with Crippen molar-refractivity contribution < 1.29 is 4.74 Å². The van der Waals surface area contributed by atoms with Crippen LogP contribution in [-0.2, 0) is 0 Å². The summed E-state index contributed by atoms with van der Waals surface area (Å²) in [6.07, 6.45) is 5.70. The summed E-state index contributed by atoms with van der Waals surface area (Å²) in [4.78, 5) is 8.81. The molecule has 20 heavy (non-hydrogen) atoms. The van der Waals surface area contributed by atoms with Crippen molar-refractivity contribution in [1.29, 1.82) is 0 Å². The van der Waals surface area contributed by atoms with Crippen LogP contribution < -0.4 is 15.8 Å². The van der Waals surface area contributed by atoms with Crippen molar-refractivity contribution >= 4 is 5.95 Å². The molecule has 3 N–H and O–H groups in total. The summed E-state index contributed by atoms with van der Waals surface area (Å²) in [6.45, 7) is 5.62. The number of rotatable bonds is 6. The Morgan fingerprint density at radius 1 is 1.40 bits per heavy atom. The lowest BCUT2D eigenvalue weighted by Gasteiger charge is -2.26. The number of hydrogen-bond acceptors (Lipinski definition) is 5. The third-order valence-electron chi connectivity index (χ3n) is 3.66. The molecule has 0 bridgehead atoms. The van der Waals surface area contributed by atoms with Crippen molar-refractivity contribution in [2.45, 2.75) is 52.0 Å². The molecule has 1 aromatic heterocycles. The molecule has 1 saturated carbocycles. The lowest BCUT2D eigenvalue weighted by atomic mass is 9.86. The second kappa shape index (κ2) is 7.43. The fraction of sp³-hybridized carbons (Fsp3) is 0.733. The third-order valence-corrected chi connectivity index (χ3v) is 3.66. The second-order valence-corrected chi connectivity index (χ2v) is 5.69. The highest BCUT2D eigenvalue weighted by Crippen LogP contribution is 2.23. The van der Waals surface area contributed by atoms with Crippen LogP contribution in [0.4, 0.5) is 5.95 Å². The Kier molecular flexibility index (Phi) is 5.59. The summed E-state index contributed by atoms with van der Waals surface area (Å²) < 4.78 is 5.57. The Labute approximate surface area is 121 Å². The molecule has 0 spiro atoms. The van der Waals surface area contributed by atoms with E-state index in [1.165, 1.54) is 12.8 Å². The molecule has 5 nitrogen and oxygen atoms in total.